The van der Waals surface area contributed by atoms with Crippen molar-refractivity contribution in [1.82, 2.24) is 0 Å². The Morgan fingerprint density at radius 2 is 0.833 bits per heavy atom. The smallest absolute Gasteiger partial charge is 0.227 e. The molecule has 0 unspecified atom stereocenters. The third-order valence-electron chi connectivity index (χ3n) is 1.49. The topological polar surface area (TPSA) is 12.4 Å². The summed E-state index contributed by atoms with van der Waals surface area (Å²) in [4.78, 5) is 0. The Hall–Kier alpha value is 0.470. The second-order valence-corrected chi connectivity index (χ2v) is 9.72. The fourth-order valence-electron chi connectivity index (χ4n) is 0.822. The van der Waals surface area contributed by atoms with Crippen LogP contribution in [0.1, 0.15) is 0 Å². The minimum atomic E-state index is -6.85. The van der Waals surface area contributed by atoms with Gasteiger partial charge in [-0.3, -0.25) is 0 Å². The van der Waals surface area contributed by atoms with Crippen molar-refractivity contribution in [2.24, 2.45) is 4.74 Å². The van der Waals surface area contributed by atoms with E-state index in [1.165, 1.54) is 4.74 Å². The van der Waals surface area contributed by atoms with Crippen LogP contribution in [0.25, 0.3) is 0 Å². The first-order valence-corrected chi connectivity index (χ1v) is 7.84. The van der Waals surface area contributed by atoms with Crippen LogP contribution >= 0.6 is 38.8 Å². The summed E-state index contributed by atoms with van der Waals surface area (Å²) in [6, 6.07) is 0. The lowest BCUT2D eigenvalue weighted by molar-refractivity contribution is -0.376. The summed E-state index contributed by atoms with van der Waals surface area (Å²) in [5.41, 5.74) is -6.42. The SMILES string of the molecule is FC(F)(F)C(N=P(Cl)(Cl)Cl)(C(F)(F)F)C(F)(F)F. The molecule has 0 aromatic rings. The van der Waals surface area contributed by atoms with Crippen molar-refractivity contribution in [2.75, 3.05) is 0 Å². The molecule has 0 aromatic carbocycles. The maximum absolute atomic E-state index is 12.2. The van der Waals surface area contributed by atoms with Crippen LogP contribution < -0.4 is 0 Å². The molecule has 14 heteroatoms. The highest BCUT2D eigenvalue weighted by Crippen LogP contribution is 2.70. The number of alkyl halides is 9. The first-order valence-electron chi connectivity index (χ1n) is 3.38. The zero-order chi connectivity index (χ0) is 15.2. The fourth-order valence-corrected chi connectivity index (χ4v) is 2.52. The number of hydrogen-bond acceptors (Lipinski definition) is 1. The summed E-state index contributed by atoms with van der Waals surface area (Å²) < 4.78 is 111. The Balaban J connectivity index is 6.49. The van der Waals surface area contributed by atoms with Gasteiger partial charge in [0.05, 0.1) is 0 Å². The predicted octanol–water partition coefficient (Wildman–Crippen LogP) is 6.07. The molecule has 0 bridgehead atoms. The van der Waals surface area contributed by atoms with Gasteiger partial charge in [0, 0.05) is 0 Å². The molecule has 0 rings (SSSR count). The molecular formula is C4Cl3F9NP. The maximum Gasteiger partial charge on any atom is 0.431 e. The standard InChI is InChI=1S/C4Cl3F9NP/c5-18(6,7)17-1(2(8,9)10,3(11,12)13)4(14,15)16. The summed E-state index contributed by atoms with van der Waals surface area (Å²) >= 11 is 13.8. The van der Waals surface area contributed by atoms with E-state index in [-0.39, 0.29) is 0 Å². The number of hydrogen-bond donors (Lipinski definition) is 0. The Kier molecular flexibility index (Phi) is 4.91. The van der Waals surface area contributed by atoms with Crippen molar-refractivity contribution in [3.05, 3.63) is 0 Å². The molecule has 0 amide bonds. The van der Waals surface area contributed by atoms with E-state index in [9.17, 15) is 39.5 Å². The van der Waals surface area contributed by atoms with E-state index in [0.29, 0.717) is 0 Å². The van der Waals surface area contributed by atoms with Gasteiger partial charge in [-0.15, -0.1) is 0 Å². The number of nitrogens with zero attached hydrogens (tertiary/aromatic N) is 1. The van der Waals surface area contributed by atoms with Crippen LogP contribution in [0, 0.1) is 0 Å². The van der Waals surface area contributed by atoms with E-state index < -0.39 is 29.2 Å². The number of rotatable bonds is 1. The van der Waals surface area contributed by atoms with E-state index in [0.717, 1.165) is 0 Å². The molecule has 0 heterocycles. The quantitative estimate of drug-likeness (QED) is 0.392. The minimum Gasteiger partial charge on any atom is -0.227 e. The van der Waals surface area contributed by atoms with Crippen molar-refractivity contribution in [3.8, 4) is 0 Å². The summed E-state index contributed by atoms with van der Waals surface area (Å²) in [5, 5.41) is -4.94. The highest BCUT2D eigenvalue weighted by Gasteiger charge is 2.85. The van der Waals surface area contributed by atoms with Crippen molar-refractivity contribution >= 4 is 38.8 Å². The maximum atomic E-state index is 12.2. The average molecular weight is 370 g/mol. The molecule has 0 aromatic heterocycles. The van der Waals surface area contributed by atoms with Crippen LogP contribution in [0.2, 0.25) is 0 Å². The van der Waals surface area contributed by atoms with Crippen LogP contribution in [-0.4, -0.2) is 24.1 Å². The lowest BCUT2D eigenvalue weighted by atomic mass is 9.99. The van der Waals surface area contributed by atoms with Gasteiger partial charge < -0.3 is 0 Å². The zero-order valence-corrected chi connectivity index (χ0v) is 10.6. The van der Waals surface area contributed by atoms with Crippen LogP contribution in [0.5, 0.6) is 0 Å². The lowest BCUT2D eigenvalue weighted by Crippen LogP contribution is -2.64. The first-order chi connectivity index (χ1) is 7.46. The van der Waals surface area contributed by atoms with Crippen molar-refractivity contribution in [1.29, 1.82) is 0 Å². The van der Waals surface area contributed by atoms with Crippen LogP contribution in [-0.2, 0) is 0 Å². The van der Waals surface area contributed by atoms with E-state index in [4.69, 9.17) is 0 Å². The second-order valence-electron chi connectivity index (χ2n) is 2.72. The molecule has 0 fully saturated rings. The third kappa shape index (κ3) is 3.52. The van der Waals surface area contributed by atoms with E-state index in [1.807, 2.05) is 0 Å². The van der Waals surface area contributed by atoms with Crippen molar-refractivity contribution in [2.45, 2.75) is 24.1 Å². The van der Waals surface area contributed by atoms with Crippen LogP contribution in [0.4, 0.5) is 39.5 Å². The highest BCUT2D eigenvalue weighted by atomic mass is 36.0. The summed E-state index contributed by atoms with van der Waals surface area (Å²) in [5.74, 6) is 0. The molecule has 0 saturated heterocycles. The fraction of sp³-hybridized carbons (Fsp3) is 1.00. The van der Waals surface area contributed by atoms with Gasteiger partial charge in [-0.05, 0) is 33.7 Å². The molecular weight excluding hydrogens is 370 g/mol. The van der Waals surface area contributed by atoms with Gasteiger partial charge in [0.15, 0.2) is 0 Å². The molecule has 0 aliphatic heterocycles. The average Bonchev–Trinajstić information content (AvgIpc) is 1.90. The Bertz CT molecular complexity index is 317. The molecule has 110 valence electrons. The Morgan fingerprint density at radius 1 is 0.611 bits per heavy atom. The van der Waals surface area contributed by atoms with Gasteiger partial charge in [0.2, 0.25) is 5.11 Å². The zero-order valence-electron chi connectivity index (χ0n) is 7.43. The second kappa shape index (κ2) is 4.79. The minimum absolute atomic E-state index is 1.39. The van der Waals surface area contributed by atoms with Gasteiger partial charge in [0.1, 0.15) is 0 Å². The molecule has 0 spiro atoms. The summed E-state index contributed by atoms with van der Waals surface area (Å²) in [6.07, 6.45) is -20.6. The highest BCUT2D eigenvalue weighted by molar-refractivity contribution is 8.26. The van der Waals surface area contributed by atoms with Gasteiger partial charge in [-0.25, -0.2) is 4.74 Å². The van der Waals surface area contributed by atoms with Gasteiger partial charge in [-0.2, -0.15) is 39.5 Å². The predicted molar refractivity (Wildman–Crippen MR) is 47.8 cm³/mol. The van der Waals surface area contributed by atoms with Gasteiger partial charge in [-0.1, -0.05) is 0 Å². The summed E-state index contributed by atoms with van der Waals surface area (Å²) in [6.45, 7) is 0. The monoisotopic (exact) mass is 369 g/mol. The van der Waals surface area contributed by atoms with Crippen molar-refractivity contribution in [3.63, 3.8) is 0 Å². The van der Waals surface area contributed by atoms with Crippen molar-refractivity contribution < 1.29 is 39.5 Å². The molecule has 1 nitrogen and oxygen atoms in total. The number of halogens is 12. The van der Waals surface area contributed by atoms with Gasteiger partial charge in [0.25, 0.3) is 0 Å². The van der Waals surface area contributed by atoms with E-state index in [1.54, 1.807) is 0 Å². The molecule has 0 N–H and O–H groups in total. The van der Waals surface area contributed by atoms with E-state index >= 15 is 0 Å². The summed E-state index contributed by atoms with van der Waals surface area (Å²) in [7, 11) is 0. The largest absolute Gasteiger partial charge is 0.431 e. The Labute approximate surface area is 108 Å². The van der Waals surface area contributed by atoms with Crippen LogP contribution in [0.3, 0.4) is 0 Å². The van der Waals surface area contributed by atoms with E-state index in [2.05, 4.69) is 33.7 Å². The normalized spacial score (nSPS) is 15.8. The lowest BCUT2D eigenvalue weighted by Gasteiger charge is -2.35. The molecule has 0 radical (unpaired) electrons. The molecule has 0 aliphatic rings. The molecule has 18 heavy (non-hydrogen) atoms. The third-order valence-corrected chi connectivity index (χ3v) is 2.70. The molecule has 0 atom stereocenters. The van der Waals surface area contributed by atoms with Crippen LogP contribution in [0.15, 0.2) is 4.74 Å². The molecule has 0 saturated carbocycles. The van der Waals surface area contributed by atoms with Gasteiger partial charge >= 0.3 is 24.1 Å². The first kappa shape index (κ1) is 18.5. The molecule has 0 aliphatic carbocycles. The Morgan fingerprint density at radius 3 is 0.889 bits per heavy atom.